The van der Waals surface area contributed by atoms with E-state index in [1.165, 1.54) is 14.2 Å². The Balaban J connectivity index is 2.00. The van der Waals surface area contributed by atoms with Gasteiger partial charge in [0.1, 0.15) is 11.4 Å². The summed E-state index contributed by atoms with van der Waals surface area (Å²) in [6, 6.07) is 4.39. The van der Waals surface area contributed by atoms with Crippen LogP contribution in [0.2, 0.25) is 0 Å². The lowest BCUT2D eigenvalue weighted by atomic mass is 9.94. The monoisotopic (exact) mass is 512 g/mol. The molecule has 0 saturated carbocycles. The zero-order valence-corrected chi connectivity index (χ0v) is 19.9. The number of benzene rings is 1. The van der Waals surface area contributed by atoms with Gasteiger partial charge in [-0.05, 0) is 30.7 Å². The molecule has 0 aliphatic carbocycles. The number of hydrogen-bond donors (Lipinski definition) is 2. The lowest BCUT2D eigenvalue weighted by molar-refractivity contribution is -0.141. The second-order valence-corrected chi connectivity index (χ2v) is 8.10. The van der Waals surface area contributed by atoms with Crippen molar-refractivity contribution in [2.75, 3.05) is 26.6 Å². The van der Waals surface area contributed by atoms with E-state index in [9.17, 15) is 22.8 Å². The molecular weight excluding hydrogens is 489 g/mol. The van der Waals surface area contributed by atoms with E-state index in [1.807, 2.05) is 0 Å². The number of aromatic nitrogens is 2. The number of urea groups is 1. The Labute approximate surface area is 203 Å². The first-order valence-electron chi connectivity index (χ1n) is 10.3. The third kappa shape index (κ3) is 6.42. The zero-order chi connectivity index (χ0) is 25.6. The SMILES string of the molecule is CCOC(=O)C1=C(CSc2nccc(C(F)(F)F)n2)NC(=O)NC1c1ccc(OC)c(COC)c1. The van der Waals surface area contributed by atoms with E-state index in [0.29, 0.717) is 16.9 Å². The van der Waals surface area contributed by atoms with E-state index in [1.54, 1.807) is 25.1 Å². The minimum Gasteiger partial charge on any atom is -0.496 e. The van der Waals surface area contributed by atoms with Gasteiger partial charge in [-0.1, -0.05) is 17.8 Å². The van der Waals surface area contributed by atoms with Gasteiger partial charge < -0.3 is 24.8 Å². The van der Waals surface area contributed by atoms with Crippen molar-refractivity contribution in [2.24, 2.45) is 0 Å². The first-order chi connectivity index (χ1) is 16.7. The molecule has 2 N–H and O–H groups in total. The van der Waals surface area contributed by atoms with Crippen molar-refractivity contribution >= 4 is 23.8 Å². The highest BCUT2D eigenvalue weighted by Gasteiger charge is 2.35. The summed E-state index contributed by atoms with van der Waals surface area (Å²) >= 11 is 0.843. The Morgan fingerprint density at radius 2 is 2.00 bits per heavy atom. The predicted octanol–water partition coefficient (Wildman–Crippen LogP) is 3.61. The number of nitrogens with zero attached hydrogens (tertiary/aromatic N) is 2. The fourth-order valence-electron chi connectivity index (χ4n) is 3.38. The quantitative estimate of drug-likeness (QED) is 0.298. The van der Waals surface area contributed by atoms with Gasteiger partial charge in [0.25, 0.3) is 0 Å². The molecule has 1 unspecified atom stereocenters. The summed E-state index contributed by atoms with van der Waals surface area (Å²) in [5.74, 6) is -0.204. The molecule has 1 aliphatic rings. The maximum Gasteiger partial charge on any atom is 0.433 e. The second-order valence-electron chi connectivity index (χ2n) is 7.16. The largest absolute Gasteiger partial charge is 0.496 e. The molecule has 0 saturated heterocycles. The number of carbonyl (C=O) groups is 2. The van der Waals surface area contributed by atoms with Crippen LogP contribution in [-0.4, -0.2) is 48.5 Å². The summed E-state index contributed by atoms with van der Waals surface area (Å²) in [4.78, 5) is 32.7. The molecule has 9 nitrogen and oxygen atoms in total. The van der Waals surface area contributed by atoms with Crippen LogP contribution in [0.25, 0.3) is 0 Å². The molecule has 1 aliphatic heterocycles. The van der Waals surface area contributed by atoms with E-state index in [-0.39, 0.29) is 35.4 Å². The number of alkyl halides is 3. The molecule has 1 atom stereocenters. The summed E-state index contributed by atoms with van der Waals surface area (Å²) in [7, 11) is 3.03. The number of ether oxygens (including phenoxy) is 3. The number of methoxy groups -OCH3 is 2. The molecule has 188 valence electrons. The summed E-state index contributed by atoms with van der Waals surface area (Å²) in [6.07, 6.45) is -3.63. The number of hydrogen-bond acceptors (Lipinski definition) is 8. The van der Waals surface area contributed by atoms with Crippen molar-refractivity contribution in [2.45, 2.75) is 30.9 Å². The molecule has 13 heteroatoms. The van der Waals surface area contributed by atoms with E-state index in [0.717, 1.165) is 24.0 Å². The average molecular weight is 513 g/mol. The molecule has 1 aromatic carbocycles. The number of carbonyl (C=O) groups excluding carboxylic acids is 2. The Morgan fingerprint density at radius 3 is 2.66 bits per heavy atom. The second kappa shape index (κ2) is 11.4. The molecule has 3 rings (SSSR count). The lowest BCUT2D eigenvalue weighted by Gasteiger charge is -2.29. The highest BCUT2D eigenvalue weighted by molar-refractivity contribution is 7.99. The molecular formula is C22H23F3N4O5S. The van der Waals surface area contributed by atoms with Crippen molar-refractivity contribution in [1.29, 1.82) is 0 Å². The van der Waals surface area contributed by atoms with Crippen LogP contribution in [0, 0.1) is 0 Å². The molecule has 2 aromatic rings. The fraction of sp³-hybridized carbons (Fsp3) is 0.364. The summed E-state index contributed by atoms with van der Waals surface area (Å²) in [5, 5.41) is 5.11. The lowest BCUT2D eigenvalue weighted by Crippen LogP contribution is -2.46. The van der Waals surface area contributed by atoms with Crippen LogP contribution in [0.1, 0.15) is 29.8 Å². The molecule has 2 heterocycles. The van der Waals surface area contributed by atoms with Gasteiger partial charge in [-0.3, -0.25) is 0 Å². The van der Waals surface area contributed by atoms with Crippen molar-refractivity contribution in [3.05, 3.63) is 58.6 Å². The molecule has 0 fully saturated rings. The summed E-state index contributed by atoms with van der Waals surface area (Å²) in [6.45, 7) is 1.94. The third-order valence-corrected chi connectivity index (χ3v) is 5.74. The summed E-state index contributed by atoms with van der Waals surface area (Å²) < 4.78 is 54.7. The van der Waals surface area contributed by atoms with Crippen LogP contribution in [0.5, 0.6) is 5.75 Å². The molecule has 2 amide bonds. The maximum atomic E-state index is 13.0. The normalized spacial score (nSPS) is 15.9. The number of halogens is 3. The number of thioether (sulfide) groups is 1. The van der Waals surface area contributed by atoms with Crippen molar-refractivity contribution < 1.29 is 37.0 Å². The minimum atomic E-state index is -4.63. The minimum absolute atomic E-state index is 0.0811. The van der Waals surface area contributed by atoms with E-state index in [2.05, 4.69) is 20.6 Å². The van der Waals surface area contributed by atoms with Crippen molar-refractivity contribution in [3.8, 4) is 5.75 Å². The molecule has 35 heavy (non-hydrogen) atoms. The number of amides is 2. The van der Waals surface area contributed by atoms with Crippen molar-refractivity contribution in [3.63, 3.8) is 0 Å². The summed E-state index contributed by atoms with van der Waals surface area (Å²) in [5.41, 5.74) is 0.447. The van der Waals surface area contributed by atoms with Gasteiger partial charge in [-0.25, -0.2) is 19.6 Å². The smallest absolute Gasteiger partial charge is 0.433 e. The van der Waals surface area contributed by atoms with Crippen LogP contribution < -0.4 is 15.4 Å². The van der Waals surface area contributed by atoms with Crippen molar-refractivity contribution in [1.82, 2.24) is 20.6 Å². The van der Waals surface area contributed by atoms with E-state index in [4.69, 9.17) is 14.2 Å². The van der Waals surface area contributed by atoms with Gasteiger partial charge >= 0.3 is 18.2 Å². The molecule has 1 aromatic heterocycles. The molecule has 0 radical (unpaired) electrons. The number of rotatable bonds is 9. The van der Waals surface area contributed by atoms with E-state index < -0.39 is 29.9 Å². The van der Waals surface area contributed by atoms with Gasteiger partial charge in [0.15, 0.2) is 5.16 Å². The van der Waals surface area contributed by atoms with Crippen LogP contribution in [0.3, 0.4) is 0 Å². The standard InChI is InChI=1S/C22H23F3N4O5S/c1-4-34-19(30)17-14(11-35-21-26-8-7-16(28-21)22(23,24)25)27-20(31)29-18(17)12-5-6-15(33-3)13(9-12)10-32-2/h5-9,18H,4,10-11H2,1-3H3,(H2,27,29,31). The maximum absolute atomic E-state index is 13.0. The van der Waals surface area contributed by atoms with Crippen LogP contribution in [0.15, 0.2) is 46.9 Å². The van der Waals surface area contributed by atoms with Gasteiger partial charge in [0.05, 0.1) is 31.9 Å². The average Bonchev–Trinajstić information content (AvgIpc) is 2.82. The first kappa shape index (κ1) is 26.3. The first-order valence-corrected chi connectivity index (χ1v) is 11.3. The predicted molar refractivity (Wildman–Crippen MR) is 120 cm³/mol. The topological polar surface area (TPSA) is 112 Å². The molecule has 0 spiro atoms. The van der Waals surface area contributed by atoms with Crippen LogP contribution in [0.4, 0.5) is 18.0 Å². The third-order valence-electron chi connectivity index (χ3n) is 4.86. The van der Waals surface area contributed by atoms with Gasteiger partial charge in [-0.15, -0.1) is 0 Å². The Hall–Kier alpha value is -3.32. The zero-order valence-electron chi connectivity index (χ0n) is 19.1. The van der Waals surface area contributed by atoms with Crippen LogP contribution >= 0.6 is 11.8 Å². The molecule has 0 bridgehead atoms. The highest BCUT2D eigenvalue weighted by atomic mass is 32.2. The van der Waals surface area contributed by atoms with Crippen LogP contribution in [-0.2, 0) is 27.1 Å². The Bertz CT molecular complexity index is 1130. The number of nitrogens with one attached hydrogen (secondary N) is 2. The van der Waals surface area contributed by atoms with Gasteiger partial charge in [0.2, 0.25) is 0 Å². The Morgan fingerprint density at radius 1 is 1.23 bits per heavy atom. The fourth-order valence-corrected chi connectivity index (χ4v) is 4.18. The van der Waals surface area contributed by atoms with Gasteiger partial charge in [0, 0.05) is 30.3 Å². The van der Waals surface area contributed by atoms with Gasteiger partial charge in [-0.2, -0.15) is 13.2 Å². The van der Waals surface area contributed by atoms with E-state index >= 15 is 0 Å². The highest BCUT2D eigenvalue weighted by Crippen LogP contribution is 2.33. The number of esters is 1. The Kier molecular flexibility index (Phi) is 8.57.